The lowest BCUT2D eigenvalue weighted by molar-refractivity contribution is -0.115. The topological polar surface area (TPSA) is 115 Å². The molecule has 0 bridgehead atoms. The highest BCUT2D eigenvalue weighted by atomic mass is 16.3. The van der Waals surface area contributed by atoms with Crippen LogP contribution in [0.25, 0.3) is 44.5 Å². The summed E-state index contributed by atoms with van der Waals surface area (Å²) >= 11 is 0. The summed E-state index contributed by atoms with van der Waals surface area (Å²) in [7, 11) is 0. The Morgan fingerprint density at radius 1 is 0.224 bits per heavy atom. The highest BCUT2D eigenvalue weighted by Gasteiger charge is 2.47. The van der Waals surface area contributed by atoms with Gasteiger partial charge in [-0.05, 0) is 94.5 Å². The van der Waals surface area contributed by atoms with Crippen LogP contribution in [0.2, 0.25) is 0 Å². The first-order chi connectivity index (χ1) is 36.7. The summed E-state index contributed by atoms with van der Waals surface area (Å²) in [5.41, 5.74) is 13.8. The number of hydrogen-bond donors (Lipinski definition) is 4. The van der Waals surface area contributed by atoms with Crippen molar-refractivity contribution in [2.75, 3.05) is 0 Å². The summed E-state index contributed by atoms with van der Waals surface area (Å²) in [6.07, 6.45) is 0. The van der Waals surface area contributed by atoms with E-state index in [4.69, 9.17) is 0 Å². The molecular weight excluding hydrogens is 937 g/mol. The molecule has 10 aromatic rings. The van der Waals surface area contributed by atoms with Gasteiger partial charge in [0.05, 0.1) is 0 Å². The van der Waals surface area contributed by atoms with E-state index in [0.717, 1.165) is 111 Å². The van der Waals surface area contributed by atoms with Gasteiger partial charge in [-0.15, -0.1) is 0 Å². The zero-order valence-electron chi connectivity index (χ0n) is 42.7. The molecule has 0 heterocycles. The molecule has 0 saturated carbocycles. The van der Waals surface area contributed by atoms with Crippen molar-refractivity contribution in [1.29, 1.82) is 0 Å². The highest BCUT2D eigenvalue weighted by molar-refractivity contribution is 5.86. The molecule has 0 spiro atoms. The van der Waals surface area contributed by atoms with Gasteiger partial charge in [0.1, 0.15) is 34.0 Å². The molecule has 4 aliphatic carbocycles. The third kappa shape index (κ3) is 7.72. The van der Waals surface area contributed by atoms with Crippen LogP contribution >= 0.6 is 0 Å². The molecule has 0 atom stereocenters. The van der Waals surface area contributed by atoms with Crippen LogP contribution in [0.5, 0.6) is 0 Å². The fourth-order valence-electron chi connectivity index (χ4n) is 12.0. The lowest BCUT2D eigenvalue weighted by Gasteiger charge is -2.29. The van der Waals surface area contributed by atoms with E-state index in [9.17, 15) is 30.0 Å². The lowest BCUT2D eigenvalue weighted by Crippen LogP contribution is -2.28. The minimum atomic E-state index is -1.24. The van der Waals surface area contributed by atoms with E-state index in [1.54, 1.807) is 0 Å². The first kappa shape index (κ1) is 49.6. The third-order valence-electron chi connectivity index (χ3n) is 15.1. The summed E-state index contributed by atoms with van der Waals surface area (Å²) in [6, 6.07) is 80.0. The number of ketones is 2. The summed E-state index contributed by atoms with van der Waals surface area (Å²) < 4.78 is 0. The molecule has 76 heavy (non-hydrogen) atoms. The van der Waals surface area contributed by atoms with E-state index < -0.39 is 22.4 Å². The van der Waals surface area contributed by atoms with Crippen LogP contribution in [0.1, 0.15) is 94.5 Å². The predicted octanol–water partition coefficient (Wildman–Crippen LogP) is 13.6. The second kappa shape index (κ2) is 19.3. The van der Waals surface area contributed by atoms with Crippen LogP contribution in [0.15, 0.2) is 243 Å². The van der Waals surface area contributed by atoms with Crippen molar-refractivity contribution >= 4 is 11.6 Å². The normalized spacial score (nSPS) is 14.8. The molecular formula is C70H56O6. The Bertz CT molecular complexity index is 3180. The van der Waals surface area contributed by atoms with Gasteiger partial charge in [-0.25, -0.2) is 0 Å². The zero-order valence-corrected chi connectivity index (χ0v) is 42.7. The van der Waals surface area contributed by atoms with E-state index in [0.29, 0.717) is 0 Å². The number of hydrogen-bond acceptors (Lipinski definition) is 6. The van der Waals surface area contributed by atoms with E-state index in [1.807, 2.05) is 194 Å². The first-order valence-corrected chi connectivity index (χ1v) is 25.6. The minimum absolute atomic E-state index is 0.167. The SMILES string of the molecule is CC(C)=O.CC(C)=O.OC1(c2ccc(C3(O)c4ccccc4-c4ccccc43)cc2)c2ccccc2-c2ccccc21.OC1(c2ccc(C3(O)c4ccccc4-c4ccccc43)cc2)c2ccccc2-c2ccccc21. The lowest BCUT2D eigenvalue weighted by atomic mass is 9.80. The van der Waals surface area contributed by atoms with Gasteiger partial charge in [0.2, 0.25) is 0 Å². The molecule has 0 saturated heterocycles. The van der Waals surface area contributed by atoms with Gasteiger partial charge in [-0.1, -0.05) is 243 Å². The number of aliphatic hydroxyl groups is 4. The number of benzene rings is 10. The van der Waals surface area contributed by atoms with Crippen molar-refractivity contribution in [3.05, 3.63) is 309 Å². The molecule has 372 valence electrons. The van der Waals surface area contributed by atoms with Gasteiger partial charge < -0.3 is 30.0 Å². The Hall–Kier alpha value is -8.62. The molecule has 10 aromatic carbocycles. The fourth-order valence-corrected chi connectivity index (χ4v) is 12.0. The largest absolute Gasteiger partial charge is 0.376 e. The van der Waals surface area contributed by atoms with Crippen molar-refractivity contribution in [2.45, 2.75) is 50.1 Å². The summed E-state index contributed by atoms with van der Waals surface area (Å²) in [6.45, 7) is 6.11. The maximum atomic E-state index is 12.1. The van der Waals surface area contributed by atoms with Crippen LogP contribution in [0, 0.1) is 0 Å². The number of carbonyl (C=O) groups is 2. The van der Waals surface area contributed by atoms with Crippen molar-refractivity contribution in [2.24, 2.45) is 0 Å². The molecule has 6 heteroatoms. The fraction of sp³-hybridized carbons (Fsp3) is 0.114. The van der Waals surface area contributed by atoms with Crippen molar-refractivity contribution < 1.29 is 30.0 Å². The Labute approximate surface area is 443 Å². The molecule has 4 N–H and O–H groups in total. The van der Waals surface area contributed by atoms with Gasteiger partial charge in [0.25, 0.3) is 0 Å². The quantitative estimate of drug-likeness (QED) is 0.140. The second-order valence-corrected chi connectivity index (χ2v) is 20.2. The molecule has 0 aromatic heterocycles. The van der Waals surface area contributed by atoms with Crippen molar-refractivity contribution in [3.8, 4) is 44.5 Å². The molecule has 0 fully saturated rings. The van der Waals surface area contributed by atoms with Crippen molar-refractivity contribution in [1.82, 2.24) is 0 Å². The summed E-state index contributed by atoms with van der Waals surface area (Å²) in [5, 5.41) is 48.6. The molecule has 6 nitrogen and oxygen atoms in total. The molecule has 0 radical (unpaired) electrons. The third-order valence-corrected chi connectivity index (χ3v) is 15.1. The van der Waals surface area contributed by atoms with Crippen LogP contribution in [-0.4, -0.2) is 32.0 Å². The molecule has 0 aliphatic heterocycles. The smallest absolute Gasteiger partial charge is 0.141 e. The van der Waals surface area contributed by atoms with Crippen molar-refractivity contribution in [3.63, 3.8) is 0 Å². The van der Waals surface area contributed by atoms with Gasteiger partial charge >= 0.3 is 0 Å². The molecule has 0 unspecified atom stereocenters. The summed E-state index contributed by atoms with van der Waals surface area (Å²) in [5.74, 6) is 0.333. The van der Waals surface area contributed by atoms with E-state index in [-0.39, 0.29) is 11.6 Å². The molecule has 4 aliphatic rings. The first-order valence-electron chi connectivity index (χ1n) is 25.6. The predicted molar refractivity (Wildman–Crippen MR) is 302 cm³/mol. The number of Topliss-reactive ketones (excluding diaryl/α,β-unsaturated/α-hetero) is 2. The second-order valence-electron chi connectivity index (χ2n) is 20.2. The number of carbonyl (C=O) groups excluding carboxylic acids is 2. The van der Waals surface area contributed by atoms with Gasteiger partial charge in [0.15, 0.2) is 0 Å². The summed E-state index contributed by atoms with van der Waals surface area (Å²) in [4.78, 5) is 18.9. The zero-order chi connectivity index (χ0) is 53.0. The van der Waals surface area contributed by atoms with E-state index in [1.165, 1.54) is 27.7 Å². The average Bonchev–Trinajstić information content (AvgIpc) is 4.10. The molecule has 0 amide bonds. The maximum Gasteiger partial charge on any atom is 0.141 e. The molecule has 14 rings (SSSR count). The maximum absolute atomic E-state index is 12.1. The monoisotopic (exact) mass is 992 g/mol. The average molecular weight is 993 g/mol. The van der Waals surface area contributed by atoms with E-state index >= 15 is 0 Å². The van der Waals surface area contributed by atoms with Gasteiger partial charge in [-0.3, -0.25) is 0 Å². The Balaban J connectivity index is 0.000000142. The Kier molecular flexibility index (Phi) is 12.6. The van der Waals surface area contributed by atoms with Crippen LogP contribution < -0.4 is 0 Å². The minimum Gasteiger partial charge on any atom is -0.376 e. The van der Waals surface area contributed by atoms with E-state index in [2.05, 4.69) is 48.5 Å². The van der Waals surface area contributed by atoms with Gasteiger partial charge in [0, 0.05) is 44.5 Å². The standard InChI is InChI=1S/2C32H22O2.2C3H6O/c2*33-31(27-13-5-1-9-23(27)24-10-2-6-14-28(24)31)21-17-19-22(20-18-21)32(34)29-15-7-3-11-25(29)26-12-4-8-16-30(26)32;2*1-3(2)4/h2*1-20,33-34H;2*1-2H3. The van der Waals surface area contributed by atoms with Gasteiger partial charge in [-0.2, -0.15) is 0 Å². The Morgan fingerprint density at radius 3 is 0.447 bits per heavy atom. The van der Waals surface area contributed by atoms with Crippen LogP contribution in [0.4, 0.5) is 0 Å². The number of rotatable bonds is 4. The van der Waals surface area contributed by atoms with Crippen LogP contribution in [0.3, 0.4) is 0 Å². The highest BCUT2D eigenvalue weighted by Crippen LogP contribution is 2.55. The van der Waals surface area contributed by atoms with Crippen LogP contribution in [-0.2, 0) is 32.0 Å². The Morgan fingerprint density at radius 2 is 0.329 bits per heavy atom. The number of fused-ring (bicyclic) bond motifs is 12.